The van der Waals surface area contributed by atoms with Gasteiger partial charge >= 0.3 is 0 Å². The summed E-state index contributed by atoms with van der Waals surface area (Å²) in [6, 6.07) is 10.0. The lowest BCUT2D eigenvalue weighted by Gasteiger charge is -2.02. The first-order valence-electron chi connectivity index (χ1n) is 3.89. The lowest BCUT2D eigenvalue weighted by Crippen LogP contribution is -2.10. The minimum absolute atomic E-state index is 0.616. The molecule has 0 aliphatic heterocycles. The largest absolute Gasteiger partial charge is 0.269 e. The molecule has 1 aromatic carbocycles. The Labute approximate surface area is 72.8 Å². The number of nitrogens with zero attached hydrogens (tertiary/aromatic N) is 1. The van der Waals surface area contributed by atoms with Crippen molar-refractivity contribution in [1.29, 1.82) is 0 Å². The summed E-state index contributed by atoms with van der Waals surface area (Å²) >= 11 is 0. The van der Waals surface area contributed by atoms with Crippen LogP contribution in [0, 0.1) is 6.92 Å². The number of hydrogen-bond acceptors (Lipinski definition) is 1. The lowest BCUT2D eigenvalue weighted by atomic mass is 9.96. The van der Waals surface area contributed by atoms with Crippen molar-refractivity contribution in [2.75, 3.05) is 0 Å². The van der Waals surface area contributed by atoms with Crippen LogP contribution in [0.1, 0.15) is 5.69 Å². The van der Waals surface area contributed by atoms with Crippen molar-refractivity contribution >= 4 is 24.2 Å². The van der Waals surface area contributed by atoms with Gasteiger partial charge in [0.15, 0.2) is 0 Å². The van der Waals surface area contributed by atoms with E-state index in [1.165, 1.54) is 0 Å². The molecule has 0 spiro atoms. The highest BCUT2D eigenvalue weighted by molar-refractivity contribution is 6.37. The van der Waals surface area contributed by atoms with Crippen molar-refractivity contribution in [1.82, 2.24) is 4.98 Å². The minimum atomic E-state index is 0.616. The number of aromatic nitrogens is 1. The van der Waals surface area contributed by atoms with Gasteiger partial charge in [-0.15, -0.1) is 0 Å². The maximum atomic E-state index is 5.75. The number of aryl methyl sites for hydroxylation is 1. The average molecular weight is 153 g/mol. The molecule has 0 saturated heterocycles. The van der Waals surface area contributed by atoms with Gasteiger partial charge in [-0.2, -0.15) is 0 Å². The maximum Gasteiger partial charge on any atom is 0.142 e. The van der Waals surface area contributed by atoms with Crippen molar-refractivity contribution in [2.24, 2.45) is 0 Å². The summed E-state index contributed by atoms with van der Waals surface area (Å²) in [5.41, 5.74) is 1.58. The average Bonchev–Trinajstić information content (AvgIpc) is 2.04. The topological polar surface area (TPSA) is 12.9 Å². The molecule has 0 atom stereocenters. The van der Waals surface area contributed by atoms with Crippen LogP contribution in [0.15, 0.2) is 30.3 Å². The van der Waals surface area contributed by atoms with E-state index in [-0.39, 0.29) is 0 Å². The van der Waals surface area contributed by atoms with Crippen molar-refractivity contribution in [3.8, 4) is 0 Å². The SMILES string of the molecule is [B]c1nc(C)cc2ccccc12. The van der Waals surface area contributed by atoms with Crippen LogP contribution in [0.2, 0.25) is 0 Å². The zero-order valence-electron chi connectivity index (χ0n) is 6.91. The van der Waals surface area contributed by atoms with Crippen LogP contribution in [-0.4, -0.2) is 12.8 Å². The molecule has 12 heavy (non-hydrogen) atoms. The molecule has 0 fully saturated rings. The quantitative estimate of drug-likeness (QED) is 0.520. The monoisotopic (exact) mass is 153 g/mol. The Bertz CT molecular complexity index is 423. The second kappa shape index (κ2) is 2.63. The highest BCUT2D eigenvalue weighted by atomic mass is 14.7. The van der Waals surface area contributed by atoms with E-state index in [1.807, 2.05) is 37.3 Å². The molecule has 0 aliphatic carbocycles. The Morgan fingerprint density at radius 3 is 2.83 bits per heavy atom. The molecule has 0 amide bonds. The number of hydrogen-bond donors (Lipinski definition) is 0. The molecule has 56 valence electrons. The van der Waals surface area contributed by atoms with Crippen molar-refractivity contribution in [2.45, 2.75) is 6.92 Å². The highest BCUT2D eigenvalue weighted by Gasteiger charge is 1.96. The van der Waals surface area contributed by atoms with Gasteiger partial charge in [0.25, 0.3) is 0 Å². The van der Waals surface area contributed by atoms with E-state index in [9.17, 15) is 0 Å². The second-order valence-corrected chi connectivity index (χ2v) is 2.87. The molecule has 1 heterocycles. The summed E-state index contributed by atoms with van der Waals surface area (Å²) in [4.78, 5) is 4.18. The van der Waals surface area contributed by atoms with Crippen LogP contribution >= 0.6 is 0 Å². The van der Waals surface area contributed by atoms with Gasteiger partial charge in [-0.3, -0.25) is 4.98 Å². The third-order valence-corrected chi connectivity index (χ3v) is 1.90. The minimum Gasteiger partial charge on any atom is -0.269 e. The summed E-state index contributed by atoms with van der Waals surface area (Å²) in [5, 5.41) is 2.19. The van der Waals surface area contributed by atoms with E-state index >= 15 is 0 Å². The number of rotatable bonds is 0. The van der Waals surface area contributed by atoms with E-state index in [2.05, 4.69) is 4.98 Å². The zero-order valence-corrected chi connectivity index (χ0v) is 6.91. The molecule has 1 nitrogen and oxygen atoms in total. The first-order valence-corrected chi connectivity index (χ1v) is 3.89. The van der Waals surface area contributed by atoms with Crippen LogP contribution in [0.25, 0.3) is 10.8 Å². The van der Waals surface area contributed by atoms with Crippen molar-refractivity contribution < 1.29 is 0 Å². The number of pyridine rings is 1. The molecule has 2 heteroatoms. The summed E-state index contributed by atoms with van der Waals surface area (Å²) in [5.74, 6) is 0. The fourth-order valence-electron chi connectivity index (χ4n) is 1.36. The van der Waals surface area contributed by atoms with Crippen LogP contribution < -0.4 is 5.59 Å². The Balaban J connectivity index is 2.89. The first-order chi connectivity index (χ1) is 5.77. The van der Waals surface area contributed by atoms with Gasteiger partial charge in [0.2, 0.25) is 0 Å². The lowest BCUT2D eigenvalue weighted by molar-refractivity contribution is 1.26. The predicted octanol–water partition coefficient (Wildman–Crippen LogP) is 1.34. The molecule has 0 unspecified atom stereocenters. The molecular formula is C10H8BN. The van der Waals surface area contributed by atoms with E-state index in [1.54, 1.807) is 0 Å². The molecule has 0 N–H and O–H groups in total. The van der Waals surface area contributed by atoms with Crippen LogP contribution in [0.5, 0.6) is 0 Å². The molecule has 2 rings (SSSR count). The Morgan fingerprint density at radius 1 is 1.25 bits per heavy atom. The van der Waals surface area contributed by atoms with E-state index < -0.39 is 0 Å². The summed E-state index contributed by atoms with van der Waals surface area (Å²) in [6.07, 6.45) is 0. The second-order valence-electron chi connectivity index (χ2n) is 2.87. The molecule has 1 aromatic heterocycles. The van der Waals surface area contributed by atoms with Crippen LogP contribution in [-0.2, 0) is 0 Å². The van der Waals surface area contributed by atoms with Gasteiger partial charge in [-0.1, -0.05) is 24.3 Å². The summed E-state index contributed by atoms with van der Waals surface area (Å²) in [7, 11) is 5.75. The highest BCUT2D eigenvalue weighted by Crippen LogP contribution is 2.10. The first kappa shape index (κ1) is 7.35. The zero-order chi connectivity index (χ0) is 8.55. The normalized spacial score (nSPS) is 10.4. The predicted molar refractivity (Wildman–Crippen MR) is 51.9 cm³/mol. The van der Waals surface area contributed by atoms with Gasteiger partial charge in [-0.25, -0.2) is 0 Å². The Morgan fingerprint density at radius 2 is 2.00 bits per heavy atom. The molecule has 0 bridgehead atoms. The summed E-state index contributed by atoms with van der Waals surface area (Å²) < 4.78 is 0. The van der Waals surface area contributed by atoms with Gasteiger partial charge in [0.05, 0.1) is 0 Å². The van der Waals surface area contributed by atoms with Gasteiger partial charge in [0, 0.05) is 5.69 Å². The molecule has 2 aromatic rings. The Hall–Kier alpha value is -1.31. The van der Waals surface area contributed by atoms with E-state index in [4.69, 9.17) is 7.85 Å². The third-order valence-electron chi connectivity index (χ3n) is 1.90. The number of fused-ring (bicyclic) bond motifs is 1. The fraction of sp³-hybridized carbons (Fsp3) is 0.100. The third kappa shape index (κ3) is 1.09. The van der Waals surface area contributed by atoms with Gasteiger partial charge in [0.1, 0.15) is 7.85 Å². The maximum absolute atomic E-state index is 5.75. The van der Waals surface area contributed by atoms with E-state index in [0.29, 0.717) is 5.59 Å². The molecular weight excluding hydrogens is 145 g/mol. The molecule has 0 aliphatic rings. The smallest absolute Gasteiger partial charge is 0.142 e. The molecule has 0 saturated carbocycles. The van der Waals surface area contributed by atoms with Crippen LogP contribution in [0.3, 0.4) is 0 Å². The standard InChI is InChI=1S/C10H8BN/c1-7-6-8-4-2-3-5-9(8)10(11)12-7/h2-6H,1H3. The summed E-state index contributed by atoms with van der Waals surface area (Å²) in [6.45, 7) is 1.95. The Kier molecular flexibility index (Phi) is 1.61. The molecule has 2 radical (unpaired) electrons. The van der Waals surface area contributed by atoms with Gasteiger partial charge in [-0.05, 0) is 29.4 Å². The van der Waals surface area contributed by atoms with E-state index in [0.717, 1.165) is 16.5 Å². The van der Waals surface area contributed by atoms with Crippen molar-refractivity contribution in [3.63, 3.8) is 0 Å². The fourth-order valence-corrected chi connectivity index (χ4v) is 1.36. The number of benzene rings is 1. The van der Waals surface area contributed by atoms with Crippen molar-refractivity contribution in [3.05, 3.63) is 36.0 Å². The van der Waals surface area contributed by atoms with Gasteiger partial charge < -0.3 is 0 Å². The van der Waals surface area contributed by atoms with Crippen LogP contribution in [0.4, 0.5) is 0 Å².